The molecule has 0 aliphatic carbocycles. The quantitative estimate of drug-likeness (QED) is 0.645. The summed E-state index contributed by atoms with van der Waals surface area (Å²) in [6, 6.07) is 0. The summed E-state index contributed by atoms with van der Waals surface area (Å²) < 4.78 is 0. The van der Waals surface area contributed by atoms with E-state index in [0.717, 1.165) is 0 Å². The fraction of sp³-hybridized carbons (Fsp3) is 0.600. The average Bonchev–Trinajstić information content (AvgIpc) is 2.14. The van der Waals surface area contributed by atoms with Gasteiger partial charge in [-0.25, -0.2) is 0 Å². The molecule has 0 aliphatic heterocycles. The highest BCUT2D eigenvalue weighted by Gasteiger charge is 2.13. The van der Waals surface area contributed by atoms with Gasteiger partial charge < -0.3 is 0 Å². The minimum atomic E-state index is -0.403. The molecule has 13 heavy (non-hydrogen) atoms. The molecule has 0 heterocycles. The lowest BCUT2D eigenvalue weighted by Crippen LogP contribution is -2.34. The van der Waals surface area contributed by atoms with Crippen molar-refractivity contribution in [1.82, 2.24) is 0 Å². The van der Waals surface area contributed by atoms with E-state index in [-0.39, 0.29) is 8.55 Å². The van der Waals surface area contributed by atoms with Gasteiger partial charge in [0.25, 0.3) is 0 Å². The van der Waals surface area contributed by atoms with Crippen molar-refractivity contribution in [3.63, 3.8) is 0 Å². The topological polar surface area (TPSA) is 0 Å². The van der Waals surface area contributed by atoms with Crippen molar-refractivity contribution in [3.8, 4) is 0 Å². The summed E-state index contributed by atoms with van der Waals surface area (Å²) in [6.45, 7) is 14.2. The third-order valence-electron chi connectivity index (χ3n) is 3.17. The fourth-order valence-corrected chi connectivity index (χ4v) is 27.5. The SMILES string of the molecule is CC=C(C)[SiH](C)[SiH2][SiH](C)C(C)=CC. The maximum absolute atomic E-state index is 2.55. The van der Waals surface area contributed by atoms with Gasteiger partial charge in [-0.3, -0.25) is 0 Å². The maximum atomic E-state index is 2.55. The molecule has 0 saturated carbocycles. The van der Waals surface area contributed by atoms with Gasteiger partial charge >= 0.3 is 0 Å². The molecule has 0 nitrogen and oxygen atoms in total. The van der Waals surface area contributed by atoms with Crippen molar-refractivity contribution < 1.29 is 0 Å². The molecular formula is C10H24Si3. The van der Waals surface area contributed by atoms with Crippen molar-refractivity contribution in [3.05, 3.63) is 22.5 Å². The second-order valence-electron chi connectivity index (χ2n) is 4.10. The molecule has 0 saturated heterocycles. The third-order valence-corrected chi connectivity index (χ3v) is 29.2. The first-order valence-electron chi connectivity index (χ1n) is 5.28. The van der Waals surface area contributed by atoms with Crippen LogP contribution in [0.25, 0.3) is 0 Å². The van der Waals surface area contributed by atoms with E-state index in [1.54, 1.807) is 10.4 Å². The van der Waals surface area contributed by atoms with Gasteiger partial charge in [0.15, 0.2) is 0 Å². The second kappa shape index (κ2) is 6.56. The Kier molecular flexibility index (Phi) is 6.63. The number of allylic oxidation sites excluding steroid dienone is 4. The first-order valence-corrected chi connectivity index (χ1v) is 15.3. The Morgan fingerprint density at radius 3 is 1.46 bits per heavy atom. The normalized spacial score (nSPS) is 19.5. The standard InChI is InChI=1S/C10H24Si3/c1-7-9(3)12(5)11-13(6)10(4)8-2/h7-8,12-13H,11H2,1-6H3. The van der Waals surface area contributed by atoms with Gasteiger partial charge in [-0.1, -0.05) is 35.6 Å². The van der Waals surface area contributed by atoms with E-state index in [2.05, 4.69) is 52.9 Å². The lowest BCUT2D eigenvalue weighted by atomic mass is 10.6. The highest BCUT2D eigenvalue weighted by molar-refractivity contribution is 7.44. The minimum absolute atomic E-state index is 0.284. The smallest absolute Gasteiger partial charge is 0.0464 e. The number of hydrogen-bond donors (Lipinski definition) is 0. The van der Waals surface area contributed by atoms with Gasteiger partial charge in [-0.2, -0.15) is 0 Å². The molecule has 0 spiro atoms. The van der Waals surface area contributed by atoms with E-state index in [9.17, 15) is 0 Å². The summed E-state index contributed by atoms with van der Waals surface area (Å²) >= 11 is 0. The largest absolute Gasteiger partial charge is 0.0951 e. The van der Waals surface area contributed by atoms with E-state index < -0.39 is 16.6 Å². The molecule has 0 fully saturated rings. The molecular weight excluding hydrogens is 204 g/mol. The summed E-state index contributed by atoms with van der Waals surface area (Å²) in [7, 11) is -0.522. The molecule has 0 N–H and O–H groups in total. The van der Waals surface area contributed by atoms with Crippen molar-refractivity contribution in [1.29, 1.82) is 0 Å². The first-order chi connectivity index (χ1) is 6.02. The summed E-state index contributed by atoms with van der Waals surface area (Å²) in [6.07, 6.45) is 4.69. The van der Waals surface area contributed by atoms with Gasteiger partial charge in [0.1, 0.15) is 0 Å². The van der Waals surface area contributed by atoms with Crippen molar-refractivity contribution in [2.75, 3.05) is 0 Å². The zero-order valence-electron chi connectivity index (χ0n) is 10.0. The molecule has 0 rings (SSSR count). The zero-order chi connectivity index (χ0) is 10.4. The molecule has 76 valence electrons. The van der Waals surface area contributed by atoms with Crippen LogP contribution in [-0.4, -0.2) is 25.2 Å². The van der Waals surface area contributed by atoms with Gasteiger partial charge in [0, 0.05) is 25.2 Å². The Labute approximate surface area is 88.8 Å². The monoisotopic (exact) mass is 228 g/mol. The summed E-state index contributed by atoms with van der Waals surface area (Å²) in [5.41, 5.74) is 0. The fourth-order valence-electron chi connectivity index (χ4n) is 1.47. The van der Waals surface area contributed by atoms with Crippen LogP contribution in [0.15, 0.2) is 22.5 Å². The zero-order valence-corrected chi connectivity index (χ0v) is 13.7. The van der Waals surface area contributed by atoms with Crippen LogP contribution in [0.4, 0.5) is 0 Å². The maximum Gasteiger partial charge on any atom is 0.0464 e. The number of hydrogen-bond acceptors (Lipinski definition) is 0. The Bertz CT molecular complexity index is 184. The van der Waals surface area contributed by atoms with Crippen LogP contribution in [0.3, 0.4) is 0 Å². The predicted octanol–water partition coefficient (Wildman–Crippen LogP) is 1.87. The highest BCUT2D eigenvalue weighted by Crippen LogP contribution is 2.04. The van der Waals surface area contributed by atoms with Crippen molar-refractivity contribution >= 4 is 25.2 Å². The first kappa shape index (κ1) is 13.1. The second-order valence-corrected chi connectivity index (χ2v) is 23.0. The van der Waals surface area contributed by atoms with E-state index >= 15 is 0 Å². The molecule has 0 bridgehead atoms. The average molecular weight is 229 g/mol. The molecule has 0 aliphatic rings. The van der Waals surface area contributed by atoms with E-state index in [4.69, 9.17) is 0 Å². The summed E-state index contributed by atoms with van der Waals surface area (Å²) in [5, 5.41) is 3.49. The van der Waals surface area contributed by atoms with Crippen molar-refractivity contribution in [2.24, 2.45) is 0 Å². The van der Waals surface area contributed by atoms with Crippen LogP contribution in [0.1, 0.15) is 27.7 Å². The Balaban J connectivity index is 4.14. The molecule has 0 radical (unpaired) electrons. The Morgan fingerprint density at radius 2 is 1.23 bits per heavy atom. The molecule has 3 heteroatoms. The lowest BCUT2D eigenvalue weighted by molar-refractivity contribution is 1.56. The third kappa shape index (κ3) is 4.78. The molecule has 0 aromatic rings. The highest BCUT2D eigenvalue weighted by atomic mass is 29.6. The number of rotatable bonds is 4. The van der Waals surface area contributed by atoms with Crippen LogP contribution in [0.2, 0.25) is 13.1 Å². The van der Waals surface area contributed by atoms with Crippen LogP contribution in [-0.2, 0) is 0 Å². The van der Waals surface area contributed by atoms with Crippen LogP contribution < -0.4 is 0 Å². The van der Waals surface area contributed by atoms with Crippen LogP contribution in [0.5, 0.6) is 0 Å². The van der Waals surface area contributed by atoms with E-state index in [0.29, 0.717) is 0 Å². The molecule has 2 unspecified atom stereocenters. The van der Waals surface area contributed by atoms with Gasteiger partial charge in [0.05, 0.1) is 0 Å². The van der Waals surface area contributed by atoms with Crippen LogP contribution in [0, 0.1) is 0 Å². The van der Waals surface area contributed by atoms with Gasteiger partial charge in [-0.05, 0) is 27.7 Å². The van der Waals surface area contributed by atoms with Gasteiger partial charge in [0.2, 0.25) is 0 Å². The summed E-state index contributed by atoms with van der Waals surface area (Å²) in [4.78, 5) is 0. The summed E-state index contributed by atoms with van der Waals surface area (Å²) in [5.74, 6) is 0. The lowest BCUT2D eigenvalue weighted by Gasteiger charge is -2.15. The molecule has 2 atom stereocenters. The van der Waals surface area contributed by atoms with Gasteiger partial charge in [-0.15, -0.1) is 0 Å². The Morgan fingerprint density at radius 1 is 0.923 bits per heavy atom. The van der Waals surface area contributed by atoms with E-state index in [1.807, 2.05) is 0 Å². The molecule has 0 aromatic carbocycles. The Hall–Kier alpha value is 0.131. The predicted molar refractivity (Wildman–Crippen MR) is 73.4 cm³/mol. The van der Waals surface area contributed by atoms with Crippen molar-refractivity contribution in [2.45, 2.75) is 40.8 Å². The molecule has 0 aromatic heterocycles. The molecule has 0 amide bonds. The van der Waals surface area contributed by atoms with E-state index in [1.165, 1.54) is 0 Å². The minimum Gasteiger partial charge on any atom is -0.0951 e. The van der Waals surface area contributed by atoms with Crippen LogP contribution >= 0.6 is 0 Å².